The number of nitrogens with zero attached hydrogens (tertiary/aromatic N) is 1. The van der Waals surface area contributed by atoms with Gasteiger partial charge >= 0.3 is 0 Å². The molecular weight excluding hydrogens is 216 g/mol. The van der Waals surface area contributed by atoms with Gasteiger partial charge in [0.25, 0.3) is 0 Å². The molecule has 2 nitrogen and oxygen atoms in total. The lowest BCUT2D eigenvalue weighted by Crippen LogP contribution is -2.14. The van der Waals surface area contributed by atoms with Gasteiger partial charge in [0.2, 0.25) is 0 Å². The van der Waals surface area contributed by atoms with E-state index in [1.165, 1.54) is 22.5 Å². The van der Waals surface area contributed by atoms with E-state index in [9.17, 15) is 0 Å². The summed E-state index contributed by atoms with van der Waals surface area (Å²) < 4.78 is 1.30. The third-order valence-corrected chi connectivity index (χ3v) is 3.73. The lowest BCUT2D eigenvalue weighted by atomic mass is 10.1. The summed E-state index contributed by atoms with van der Waals surface area (Å²) in [4.78, 5) is 4.62. The minimum atomic E-state index is 0.329. The molecule has 2 N–H and O–H groups in total. The zero-order chi connectivity index (χ0) is 11.4. The topological polar surface area (TPSA) is 38.9 Å². The molecule has 0 spiro atoms. The van der Waals surface area contributed by atoms with Crippen molar-refractivity contribution >= 4 is 21.6 Å². The van der Waals surface area contributed by atoms with Crippen molar-refractivity contribution in [1.82, 2.24) is 4.98 Å². The average Bonchev–Trinajstić information content (AvgIpc) is 2.66. The van der Waals surface area contributed by atoms with Crippen LogP contribution in [-0.4, -0.2) is 11.0 Å². The van der Waals surface area contributed by atoms with Gasteiger partial charge in [-0.15, -0.1) is 11.3 Å². The molecule has 1 aromatic heterocycles. The first-order valence-electron chi connectivity index (χ1n) is 5.86. The second kappa shape index (κ2) is 5.41. The lowest BCUT2D eigenvalue weighted by Gasteiger charge is -2.02. The van der Waals surface area contributed by atoms with Gasteiger partial charge in [0, 0.05) is 6.04 Å². The van der Waals surface area contributed by atoms with Crippen LogP contribution in [0.4, 0.5) is 0 Å². The van der Waals surface area contributed by atoms with Crippen molar-refractivity contribution in [3.63, 3.8) is 0 Å². The Morgan fingerprint density at radius 2 is 2.12 bits per heavy atom. The minimum Gasteiger partial charge on any atom is -0.328 e. The monoisotopic (exact) mass is 234 g/mol. The smallest absolute Gasteiger partial charge is 0.0938 e. The van der Waals surface area contributed by atoms with Gasteiger partial charge in [-0.25, -0.2) is 4.98 Å². The van der Waals surface area contributed by atoms with Gasteiger partial charge in [0.1, 0.15) is 0 Å². The van der Waals surface area contributed by atoms with E-state index in [-0.39, 0.29) is 0 Å². The number of benzene rings is 1. The molecule has 2 rings (SSSR count). The summed E-state index contributed by atoms with van der Waals surface area (Å²) in [5, 5.41) is 1.26. The third kappa shape index (κ3) is 3.03. The van der Waals surface area contributed by atoms with Gasteiger partial charge in [-0.2, -0.15) is 0 Å². The van der Waals surface area contributed by atoms with Gasteiger partial charge in [-0.3, -0.25) is 0 Å². The Bertz CT molecular complexity index is 415. The maximum absolute atomic E-state index is 5.72. The van der Waals surface area contributed by atoms with Crippen molar-refractivity contribution < 1.29 is 0 Å². The molecule has 0 aliphatic heterocycles. The van der Waals surface area contributed by atoms with E-state index in [0.29, 0.717) is 6.04 Å². The molecule has 86 valence electrons. The number of aryl methyl sites for hydroxylation is 1. The van der Waals surface area contributed by atoms with E-state index in [2.05, 4.69) is 30.1 Å². The Balaban J connectivity index is 1.89. The van der Waals surface area contributed by atoms with Gasteiger partial charge in [0.05, 0.1) is 15.2 Å². The molecule has 0 aliphatic rings. The molecule has 0 amide bonds. The van der Waals surface area contributed by atoms with E-state index in [1.807, 2.05) is 17.4 Å². The number of fused-ring (bicyclic) bond motifs is 1. The highest BCUT2D eigenvalue weighted by Gasteiger charge is 2.02. The van der Waals surface area contributed by atoms with E-state index in [0.717, 1.165) is 18.4 Å². The van der Waals surface area contributed by atoms with Crippen LogP contribution >= 0.6 is 11.3 Å². The van der Waals surface area contributed by atoms with Crippen molar-refractivity contribution in [3.05, 3.63) is 29.3 Å². The summed E-state index contributed by atoms with van der Waals surface area (Å²) in [6, 6.07) is 8.66. The number of aromatic nitrogens is 1. The Kier molecular flexibility index (Phi) is 3.91. The molecule has 0 radical (unpaired) electrons. The first-order valence-corrected chi connectivity index (χ1v) is 6.67. The maximum Gasteiger partial charge on any atom is 0.0938 e. The van der Waals surface area contributed by atoms with E-state index < -0.39 is 0 Å². The molecule has 1 atom stereocenters. The standard InChI is InChI=1S/C13H18N2S/c1-10(14)6-2-5-9-13-15-11-7-3-4-8-12(11)16-13/h3-4,7-8,10H,2,5-6,9,14H2,1H3/t10-/m0/s1. The summed E-state index contributed by atoms with van der Waals surface area (Å²) >= 11 is 1.81. The fraction of sp³-hybridized carbons (Fsp3) is 0.462. The molecule has 0 bridgehead atoms. The van der Waals surface area contributed by atoms with E-state index in [4.69, 9.17) is 5.73 Å². The van der Waals surface area contributed by atoms with Crippen LogP contribution in [0.2, 0.25) is 0 Å². The highest BCUT2D eigenvalue weighted by Crippen LogP contribution is 2.22. The number of hydrogen-bond donors (Lipinski definition) is 1. The molecule has 0 fully saturated rings. The van der Waals surface area contributed by atoms with Gasteiger partial charge in [-0.05, 0) is 38.3 Å². The molecule has 0 aliphatic carbocycles. The highest BCUT2D eigenvalue weighted by atomic mass is 32.1. The third-order valence-electron chi connectivity index (χ3n) is 2.64. The predicted octanol–water partition coefficient (Wildman–Crippen LogP) is 3.36. The summed E-state index contributed by atoms with van der Waals surface area (Å²) in [6.07, 6.45) is 4.60. The van der Waals surface area contributed by atoms with Crippen molar-refractivity contribution in [2.24, 2.45) is 5.73 Å². The SMILES string of the molecule is C[C@H](N)CCCCc1nc2ccccc2s1. The highest BCUT2D eigenvalue weighted by molar-refractivity contribution is 7.18. The first kappa shape index (κ1) is 11.6. The molecule has 1 aromatic carbocycles. The molecular formula is C13H18N2S. The fourth-order valence-corrected chi connectivity index (χ4v) is 2.78. The van der Waals surface area contributed by atoms with E-state index >= 15 is 0 Å². The van der Waals surface area contributed by atoms with Crippen LogP contribution in [0.15, 0.2) is 24.3 Å². The fourth-order valence-electron chi connectivity index (χ4n) is 1.77. The number of hydrogen-bond acceptors (Lipinski definition) is 3. The second-order valence-corrected chi connectivity index (χ2v) is 5.41. The largest absolute Gasteiger partial charge is 0.328 e. The Morgan fingerprint density at radius 3 is 2.88 bits per heavy atom. The second-order valence-electron chi connectivity index (χ2n) is 4.30. The Labute approximate surface area is 101 Å². The molecule has 0 saturated heterocycles. The summed E-state index contributed by atoms with van der Waals surface area (Å²) in [7, 11) is 0. The lowest BCUT2D eigenvalue weighted by molar-refractivity contribution is 0.597. The average molecular weight is 234 g/mol. The number of para-hydroxylation sites is 1. The number of thiazole rings is 1. The molecule has 3 heteroatoms. The number of rotatable bonds is 5. The van der Waals surface area contributed by atoms with Crippen molar-refractivity contribution in [1.29, 1.82) is 0 Å². The van der Waals surface area contributed by atoms with E-state index in [1.54, 1.807) is 0 Å². The normalized spacial score (nSPS) is 13.1. The summed E-state index contributed by atoms with van der Waals surface area (Å²) in [5.74, 6) is 0. The van der Waals surface area contributed by atoms with Crippen LogP contribution in [0.1, 0.15) is 31.2 Å². The molecule has 1 heterocycles. The Morgan fingerprint density at radius 1 is 1.31 bits per heavy atom. The van der Waals surface area contributed by atoms with Gasteiger partial charge in [0.15, 0.2) is 0 Å². The van der Waals surface area contributed by atoms with Crippen molar-refractivity contribution in [2.75, 3.05) is 0 Å². The molecule has 2 aromatic rings. The van der Waals surface area contributed by atoms with Crippen LogP contribution < -0.4 is 5.73 Å². The first-order chi connectivity index (χ1) is 7.75. The number of unbranched alkanes of at least 4 members (excludes halogenated alkanes) is 1. The van der Waals surface area contributed by atoms with Gasteiger partial charge in [-0.1, -0.05) is 18.6 Å². The van der Waals surface area contributed by atoms with Crippen LogP contribution in [0, 0.1) is 0 Å². The van der Waals surface area contributed by atoms with Crippen molar-refractivity contribution in [2.45, 2.75) is 38.6 Å². The van der Waals surface area contributed by atoms with Crippen molar-refractivity contribution in [3.8, 4) is 0 Å². The maximum atomic E-state index is 5.72. The minimum absolute atomic E-state index is 0.329. The zero-order valence-corrected chi connectivity index (χ0v) is 10.5. The Hall–Kier alpha value is -0.930. The van der Waals surface area contributed by atoms with Crippen LogP contribution in [0.5, 0.6) is 0 Å². The van der Waals surface area contributed by atoms with Gasteiger partial charge < -0.3 is 5.73 Å². The van der Waals surface area contributed by atoms with Crippen LogP contribution in [0.25, 0.3) is 10.2 Å². The van der Waals surface area contributed by atoms with Crippen LogP contribution in [0.3, 0.4) is 0 Å². The zero-order valence-electron chi connectivity index (χ0n) is 9.65. The van der Waals surface area contributed by atoms with Crippen LogP contribution in [-0.2, 0) is 6.42 Å². The molecule has 0 saturated carbocycles. The molecule has 0 unspecified atom stereocenters. The molecule has 16 heavy (non-hydrogen) atoms. The number of nitrogens with two attached hydrogens (primary N) is 1. The predicted molar refractivity (Wildman–Crippen MR) is 70.8 cm³/mol. The summed E-state index contributed by atoms with van der Waals surface area (Å²) in [5.41, 5.74) is 6.85. The summed E-state index contributed by atoms with van der Waals surface area (Å²) in [6.45, 7) is 2.07. The quantitative estimate of drug-likeness (QED) is 0.806.